The Bertz CT molecular complexity index is 2630. The number of para-hydroxylation sites is 1. The van der Waals surface area contributed by atoms with Crippen molar-refractivity contribution in [2.24, 2.45) is 0 Å². The summed E-state index contributed by atoms with van der Waals surface area (Å²) >= 11 is 0. The van der Waals surface area contributed by atoms with Crippen molar-refractivity contribution in [3.63, 3.8) is 0 Å². The highest BCUT2D eigenvalue weighted by Crippen LogP contribution is 2.40. The van der Waals surface area contributed by atoms with Crippen LogP contribution in [0.15, 0.2) is 162 Å². The zero-order chi connectivity index (χ0) is 32.0. The number of benzene rings is 7. The molecule has 9 rings (SSSR count). The van der Waals surface area contributed by atoms with E-state index in [2.05, 4.69) is 54.6 Å². The molecular formula is C43H27N3O2. The first kappa shape index (κ1) is 27.7. The summed E-state index contributed by atoms with van der Waals surface area (Å²) in [5.74, 6) is 1.77. The van der Waals surface area contributed by atoms with Crippen LogP contribution in [0, 0.1) is 0 Å². The molecule has 0 fully saturated rings. The van der Waals surface area contributed by atoms with Gasteiger partial charge in [-0.05, 0) is 57.8 Å². The van der Waals surface area contributed by atoms with Gasteiger partial charge in [-0.2, -0.15) is 0 Å². The molecule has 0 saturated carbocycles. The molecule has 7 aromatic carbocycles. The molecule has 0 aliphatic heterocycles. The number of phenols is 1. The molecule has 226 valence electrons. The van der Waals surface area contributed by atoms with Gasteiger partial charge in [0.1, 0.15) is 16.9 Å². The molecule has 2 aromatic heterocycles. The number of aromatic nitrogens is 3. The highest BCUT2D eigenvalue weighted by atomic mass is 16.3. The third-order valence-electron chi connectivity index (χ3n) is 8.84. The Kier molecular flexibility index (Phi) is 6.54. The minimum atomic E-state index is 0.153. The van der Waals surface area contributed by atoms with E-state index in [0.29, 0.717) is 23.0 Å². The van der Waals surface area contributed by atoms with Gasteiger partial charge in [-0.25, -0.2) is 15.0 Å². The summed E-state index contributed by atoms with van der Waals surface area (Å²) in [6.45, 7) is 0. The molecule has 5 nitrogen and oxygen atoms in total. The van der Waals surface area contributed by atoms with Crippen LogP contribution in [0.3, 0.4) is 0 Å². The van der Waals surface area contributed by atoms with Gasteiger partial charge >= 0.3 is 0 Å². The molecule has 0 aliphatic carbocycles. The fourth-order valence-electron chi connectivity index (χ4n) is 6.44. The lowest BCUT2D eigenvalue weighted by molar-refractivity contribution is 0.477. The Morgan fingerprint density at radius 2 is 1.04 bits per heavy atom. The third-order valence-corrected chi connectivity index (χ3v) is 8.84. The molecule has 0 atom stereocenters. The van der Waals surface area contributed by atoms with Crippen molar-refractivity contribution < 1.29 is 9.52 Å². The lowest BCUT2D eigenvalue weighted by Crippen LogP contribution is -2.01. The third kappa shape index (κ3) is 4.86. The van der Waals surface area contributed by atoms with Gasteiger partial charge in [0.15, 0.2) is 17.5 Å². The minimum absolute atomic E-state index is 0.153. The van der Waals surface area contributed by atoms with Crippen LogP contribution in [0.2, 0.25) is 0 Å². The second kappa shape index (κ2) is 11.3. The molecule has 0 radical (unpaired) electrons. The van der Waals surface area contributed by atoms with Crippen LogP contribution < -0.4 is 0 Å². The number of fused-ring (bicyclic) bond motifs is 4. The second-order valence-electron chi connectivity index (χ2n) is 11.8. The maximum absolute atomic E-state index is 11.3. The fourth-order valence-corrected chi connectivity index (χ4v) is 6.44. The first-order valence-corrected chi connectivity index (χ1v) is 15.8. The number of phenolic OH excluding ortho intramolecular Hbond substituents is 1. The van der Waals surface area contributed by atoms with Crippen LogP contribution in [0.4, 0.5) is 0 Å². The Balaban J connectivity index is 1.16. The maximum atomic E-state index is 11.3. The van der Waals surface area contributed by atoms with Gasteiger partial charge in [0.05, 0.1) is 0 Å². The Labute approximate surface area is 276 Å². The normalized spacial score (nSPS) is 11.4. The van der Waals surface area contributed by atoms with E-state index in [1.54, 1.807) is 6.07 Å². The largest absolute Gasteiger partial charge is 0.507 e. The van der Waals surface area contributed by atoms with E-state index in [1.807, 2.05) is 97.1 Å². The van der Waals surface area contributed by atoms with Gasteiger partial charge in [-0.3, -0.25) is 0 Å². The predicted octanol–water partition coefficient (Wildman–Crippen LogP) is 11.0. The van der Waals surface area contributed by atoms with E-state index in [1.165, 1.54) is 0 Å². The van der Waals surface area contributed by atoms with Crippen molar-refractivity contribution >= 4 is 32.7 Å². The highest BCUT2D eigenvalue weighted by Gasteiger charge is 2.18. The zero-order valence-electron chi connectivity index (χ0n) is 25.7. The van der Waals surface area contributed by atoms with E-state index < -0.39 is 0 Å². The van der Waals surface area contributed by atoms with Crippen LogP contribution in [0.5, 0.6) is 5.75 Å². The Morgan fingerprint density at radius 3 is 1.90 bits per heavy atom. The summed E-state index contributed by atoms with van der Waals surface area (Å²) < 4.78 is 6.04. The maximum Gasteiger partial charge on any atom is 0.164 e. The van der Waals surface area contributed by atoms with E-state index >= 15 is 0 Å². The molecule has 1 N–H and O–H groups in total. The smallest absolute Gasteiger partial charge is 0.164 e. The quantitative estimate of drug-likeness (QED) is 0.208. The summed E-state index contributed by atoms with van der Waals surface area (Å²) in [7, 11) is 0. The number of aromatic hydroxyl groups is 1. The molecule has 5 heteroatoms. The summed E-state index contributed by atoms with van der Waals surface area (Å²) in [6.07, 6.45) is 0. The first-order valence-electron chi connectivity index (χ1n) is 15.8. The number of hydrogen-bond donors (Lipinski definition) is 1. The molecule has 2 heterocycles. The van der Waals surface area contributed by atoms with Crippen LogP contribution in [0.25, 0.3) is 89.1 Å². The molecule has 0 aliphatic rings. The molecule has 9 aromatic rings. The van der Waals surface area contributed by atoms with Crippen molar-refractivity contribution in [2.75, 3.05) is 0 Å². The van der Waals surface area contributed by atoms with Crippen molar-refractivity contribution in [1.82, 2.24) is 15.0 Å². The van der Waals surface area contributed by atoms with Gasteiger partial charge < -0.3 is 9.52 Å². The summed E-state index contributed by atoms with van der Waals surface area (Å²) in [5, 5.41) is 15.7. The van der Waals surface area contributed by atoms with E-state index in [-0.39, 0.29) is 5.75 Å². The molecule has 0 amide bonds. The van der Waals surface area contributed by atoms with E-state index in [9.17, 15) is 5.11 Å². The topological polar surface area (TPSA) is 72.0 Å². The molecule has 0 bridgehead atoms. The fraction of sp³-hybridized carbons (Fsp3) is 0. The molecular weight excluding hydrogens is 590 g/mol. The van der Waals surface area contributed by atoms with Gasteiger partial charge in [-0.15, -0.1) is 0 Å². The average molecular weight is 618 g/mol. The predicted molar refractivity (Wildman–Crippen MR) is 193 cm³/mol. The monoisotopic (exact) mass is 617 g/mol. The lowest BCUT2D eigenvalue weighted by atomic mass is 9.95. The minimum Gasteiger partial charge on any atom is -0.507 e. The summed E-state index contributed by atoms with van der Waals surface area (Å²) in [5.41, 5.74) is 7.91. The second-order valence-corrected chi connectivity index (χ2v) is 11.8. The number of nitrogens with zero attached hydrogens (tertiary/aromatic N) is 3. The van der Waals surface area contributed by atoms with Crippen LogP contribution >= 0.6 is 0 Å². The summed E-state index contributed by atoms with van der Waals surface area (Å²) in [4.78, 5) is 14.9. The molecule has 0 unspecified atom stereocenters. The van der Waals surface area contributed by atoms with Crippen molar-refractivity contribution in [2.45, 2.75) is 0 Å². The van der Waals surface area contributed by atoms with Gasteiger partial charge in [0.25, 0.3) is 0 Å². The number of rotatable bonds is 5. The first-order chi connectivity index (χ1) is 23.7. The van der Waals surface area contributed by atoms with Crippen molar-refractivity contribution in [1.29, 1.82) is 0 Å². The van der Waals surface area contributed by atoms with Crippen LogP contribution in [-0.4, -0.2) is 20.1 Å². The number of furan rings is 1. The molecule has 0 saturated heterocycles. The Hall–Kier alpha value is -6.59. The zero-order valence-corrected chi connectivity index (χ0v) is 25.7. The van der Waals surface area contributed by atoms with Crippen LogP contribution in [-0.2, 0) is 0 Å². The average Bonchev–Trinajstić information content (AvgIpc) is 3.53. The Morgan fingerprint density at radius 1 is 0.396 bits per heavy atom. The standard InChI is InChI=1S/C43H27N3O2/c47-37-15-8-14-35(40(37)29-20-17-28(18-21-29)32-23-24-39-36(26-32)34-13-6-7-16-38(34)48-39)43-45-41(30-10-2-1-3-11-30)44-42(46-43)33-22-19-27-9-4-5-12-31(27)25-33/h1-26,47H. The van der Waals surface area contributed by atoms with Gasteiger partial charge in [-0.1, -0.05) is 127 Å². The summed E-state index contributed by atoms with van der Waals surface area (Å²) in [6, 6.07) is 52.5. The SMILES string of the molecule is Oc1cccc(-c2nc(-c3ccccc3)nc(-c3ccc4ccccc4c3)n2)c1-c1ccc(-c2ccc3oc4ccccc4c3c2)cc1. The number of hydrogen-bond acceptors (Lipinski definition) is 5. The lowest BCUT2D eigenvalue weighted by Gasteiger charge is -2.14. The van der Waals surface area contributed by atoms with Crippen molar-refractivity contribution in [3.05, 3.63) is 158 Å². The van der Waals surface area contributed by atoms with Gasteiger partial charge in [0.2, 0.25) is 0 Å². The van der Waals surface area contributed by atoms with Gasteiger partial charge in [0, 0.05) is 33.0 Å². The van der Waals surface area contributed by atoms with Crippen LogP contribution in [0.1, 0.15) is 0 Å². The molecule has 0 spiro atoms. The van der Waals surface area contributed by atoms with Crippen molar-refractivity contribution in [3.8, 4) is 62.2 Å². The molecule has 48 heavy (non-hydrogen) atoms. The van der Waals surface area contributed by atoms with E-state index in [0.717, 1.165) is 66.1 Å². The van der Waals surface area contributed by atoms with E-state index in [4.69, 9.17) is 19.4 Å². The highest BCUT2D eigenvalue weighted by molar-refractivity contribution is 6.06.